The Labute approximate surface area is 112 Å². The average Bonchev–Trinajstić information content (AvgIpc) is 2.65. The summed E-state index contributed by atoms with van der Waals surface area (Å²) in [4.78, 5) is 33.6. The minimum absolute atomic E-state index is 0.0994. The summed E-state index contributed by atoms with van der Waals surface area (Å²) in [6.07, 6.45) is 6.36. The molecular formula is C12H16O6Si. The van der Waals surface area contributed by atoms with Gasteiger partial charge in [0.15, 0.2) is 0 Å². The molecule has 0 aromatic carbocycles. The van der Waals surface area contributed by atoms with Gasteiger partial charge in [0, 0.05) is 20.8 Å². The van der Waals surface area contributed by atoms with E-state index in [2.05, 4.69) is 0 Å². The number of carbonyl (C=O) groups excluding carboxylic acids is 3. The molecule has 0 unspecified atom stereocenters. The molecule has 6 nitrogen and oxygen atoms in total. The minimum Gasteiger partial charge on any atom is -0.455 e. The molecule has 1 aliphatic carbocycles. The van der Waals surface area contributed by atoms with Gasteiger partial charge in [0.25, 0.3) is 17.9 Å². The number of rotatable bonds is 5. The first kappa shape index (κ1) is 15.2. The Morgan fingerprint density at radius 2 is 1.53 bits per heavy atom. The second-order valence-electron chi connectivity index (χ2n) is 4.06. The van der Waals surface area contributed by atoms with Crippen molar-refractivity contribution in [1.82, 2.24) is 0 Å². The van der Waals surface area contributed by atoms with Crippen LogP contribution in [0, 0.1) is 0 Å². The molecule has 7 heteroatoms. The monoisotopic (exact) mass is 284 g/mol. The highest BCUT2D eigenvalue weighted by molar-refractivity contribution is 6.66. The molecule has 0 bridgehead atoms. The van der Waals surface area contributed by atoms with E-state index in [0.717, 1.165) is 12.0 Å². The molecule has 0 N–H and O–H groups in total. The zero-order valence-electron chi connectivity index (χ0n) is 11.1. The van der Waals surface area contributed by atoms with Gasteiger partial charge >= 0.3 is 8.80 Å². The fourth-order valence-corrected chi connectivity index (χ4v) is 4.13. The van der Waals surface area contributed by atoms with Gasteiger partial charge in [-0.2, -0.15) is 0 Å². The first-order valence-corrected chi connectivity index (χ1v) is 7.70. The van der Waals surface area contributed by atoms with Crippen LogP contribution in [0.25, 0.3) is 0 Å². The van der Waals surface area contributed by atoms with E-state index in [1.807, 2.05) is 18.2 Å². The van der Waals surface area contributed by atoms with Crippen molar-refractivity contribution in [3.05, 3.63) is 23.8 Å². The highest BCUT2D eigenvalue weighted by Crippen LogP contribution is 2.25. The molecule has 1 aliphatic rings. The van der Waals surface area contributed by atoms with Crippen LogP contribution in [0.4, 0.5) is 0 Å². The summed E-state index contributed by atoms with van der Waals surface area (Å²) >= 11 is 0. The normalized spacial score (nSPS) is 13.7. The van der Waals surface area contributed by atoms with Crippen LogP contribution in [0.1, 0.15) is 27.2 Å². The summed E-state index contributed by atoms with van der Waals surface area (Å²) in [6.45, 7) is 3.52. The van der Waals surface area contributed by atoms with Crippen molar-refractivity contribution in [2.45, 2.75) is 33.2 Å². The maximum absolute atomic E-state index is 11.2. The Morgan fingerprint density at radius 1 is 1.05 bits per heavy atom. The zero-order chi connectivity index (χ0) is 14.5. The van der Waals surface area contributed by atoms with Crippen molar-refractivity contribution in [2.24, 2.45) is 0 Å². The van der Waals surface area contributed by atoms with Crippen molar-refractivity contribution in [3.63, 3.8) is 0 Å². The quantitative estimate of drug-likeness (QED) is 0.712. The first-order chi connectivity index (χ1) is 8.83. The topological polar surface area (TPSA) is 78.9 Å². The van der Waals surface area contributed by atoms with E-state index in [1.54, 1.807) is 0 Å². The molecule has 0 aromatic rings. The molecule has 0 aromatic heterocycles. The molecular weight excluding hydrogens is 268 g/mol. The molecule has 0 heterocycles. The summed E-state index contributed by atoms with van der Waals surface area (Å²) in [6, 6.07) is 0.0994. The molecule has 1 rings (SSSR count). The van der Waals surface area contributed by atoms with Gasteiger partial charge in [-0.15, -0.1) is 0 Å². The maximum atomic E-state index is 11.2. The highest BCUT2D eigenvalue weighted by Gasteiger charge is 2.52. The van der Waals surface area contributed by atoms with E-state index in [9.17, 15) is 14.4 Å². The number of hydrogen-bond donors (Lipinski definition) is 0. The highest BCUT2D eigenvalue weighted by atomic mass is 28.4. The van der Waals surface area contributed by atoms with E-state index in [-0.39, 0.29) is 6.04 Å². The molecule has 19 heavy (non-hydrogen) atoms. The summed E-state index contributed by atoms with van der Waals surface area (Å²) < 4.78 is 15.2. The fraction of sp³-hybridized carbons (Fsp3) is 0.417. The van der Waals surface area contributed by atoms with Crippen molar-refractivity contribution < 1.29 is 27.7 Å². The van der Waals surface area contributed by atoms with Crippen LogP contribution in [0.15, 0.2) is 23.8 Å². The molecule has 0 amide bonds. The van der Waals surface area contributed by atoms with Crippen molar-refractivity contribution in [2.75, 3.05) is 0 Å². The average molecular weight is 284 g/mol. The largest absolute Gasteiger partial charge is 0.709 e. The SMILES string of the molecule is CC(=O)O[Si](CC1=CCC=C1)(OC(C)=O)OC(C)=O. The van der Waals surface area contributed by atoms with Crippen molar-refractivity contribution in [3.8, 4) is 0 Å². The summed E-state index contributed by atoms with van der Waals surface area (Å²) in [5.41, 5.74) is 0.815. The van der Waals surface area contributed by atoms with Gasteiger partial charge in [0.2, 0.25) is 0 Å². The van der Waals surface area contributed by atoms with Gasteiger partial charge in [-0.3, -0.25) is 14.4 Å². The van der Waals surface area contributed by atoms with Gasteiger partial charge in [0.05, 0.1) is 6.04 Å². The molecule has 0 aliphatic heterocycles. The first-order valence-electron chi connectivity index (χ1n) is 5.77. The molecule has 0 atom stereocenters. The van der Waals surface area contributed by atoms with E-state index >= 15 is 0 Å². The van der Waals surface area contributed by atoms with E-state index in [0.29, 0.717) is 0 Å². The third-order valence-corrected chi connectivity index (χ3v) is 4.80. The molecule has 0 fully saturated rings. The second-order valence-corrected chi connectivity index (χ2v) is 6.39. The number of allylic oxidation sites excluding steroid dienone is 4. The van der Waals surface area contributed by atoms with Gasteiger partial charge < -0.3 is 13.3 Å². The summed E-state index contributed by atoms with van der Waals surface area (Å²) in [7, 11) is -3.72. The predicted octanol–water partition coefficient (Wildman–Crippen LogP) is 1.50. The zero-order valence-corrected chi connectivity index (χ0v) is 12.1. The second kappa shape index (κ2) is 6.33. The van der Waals surface area contributed by atoms with E-state index in [1.165, 1.54) is 20.8 Å². The lowest BCUT2D eigenvalue weighted by molar-refractivity contribution is -0.147. The third-order valence-electron chi connectivity index (χ3n) is 2.17. The molecule has 104 valence electrons. The van der Waals surface area contributed by atoms with Crippen LogP contribution < -0.4 is 0 Å². The Morgan fingerprint density at radius 3 is 1.84 bits per heavy atom. The van der Waals surface area contributed by atoms with E-state index in [4.69, 9.17) is 13.3 Å². The Bertz CT molecular complexity index is 410. The van der Waals surface area contributed by atoms with Gasteiger partial charge in [0.1, 0.15) is 0 Å². The van der Waals surface area contributed by atoms with Crippen molar-refractivity contribution in [1.29, 1.82) is 0 Å². The summed E-state index contributed by atoms with van der Waals surface area (Å²) in [5, 5.41) is 0. The lowest BCUT2D eigenvalue weighted by Crippen LogP contribution is -2.49. The Kier molecular flexibility index (Phi) is 5.05. The van der Waals surface area contributed by atoms with Crippen LogP contribution >= 0.6 is 0 Å². The maximum Gasteiger partial charge on any atom is 0.709 e. The van der Waals surface area contributed by atoms with Crippen LogP contribution in [0.5, 0.6) is 0 Å². The van der Waals surface area contributed by atoms with Crippen LogP contribution in [-0.4, -0.2) is 26.7 Å². The van der Waals surface area contributed by atoms with Crippen LogP contribution in [0.2, 0.25) is 6.04 Å². The van der Waals surface area contributed by atoms with Crippen LogP contribution in [0.3, 0.4) is 0 Å². The fourth-order valence-electron chi connectivity index (χ4n) is 1.72. The van der Waals surface area contributed by atoms with E-state index < -0.39 is 26.7 Å². The molecule has 0 saturated carbocycles. The summed E-state index contributed by atoms with van der Waals surface area (Å²) in [5.74, 6) is -1.97. The molecule has 0 radical (unpaired) electrons. The number of hydrogen-bond acceptors (Lipinski definition) is 6. The predicted molar refractivity (Wildman–Crippen MR) is 67.7 cm³/mol. The minimum atomic E-state index is -3.72. The van der Waals surface area contributed by atoms with Gasteiger partial charge in [-0.05, 0) is 12.0 Å². The standard InChI is InChI=1S/C12H16O6Si/c1-9(13)16-19(17-10(2)14,18-11(3)15)8-12-6-4-5-7-12/h4,6-7H,5,8H2,1-3H3. The lowest BCUT2D eigenvalue weighted by Gasteiger charge is -2.26. The molecule has 0 spiro atoms. The smallest absolute Gasteiger partial charge is 0.455 e. The third kappa shape index (κ3) is 5.08. The molecule has 0 saturated heterocycles. The van der Waals surface area contributed by atoms with Gasteiger partial charge in [-0.1, -0.05) is 18.2 Å². The lowest BCUT2D eigenvalue weighted by atomic mass is 10.3. The van der Waals surface area contributed by atoms with Gasteiger partial charge in [-0.25, -0.2) is 0 Å². The van der Waals surface area contributed by atoms with Crippen LogP contribution in [-0.2, 0) is 27.7 Å². The Balaban J connectivity index is 2.99. The Hall–Kier alpha value is -1.89. The number of carbonyl (C=O) groups is 3. The van der Waals surface area contributed by atoms with Crippen molar-refractivity contribution >= 4 is 26.7 Å².